The summed E-state index contributed by atoms with van der Waals surface area (Å²) in [7, 11) is 0. The molecule has 16 heteroatoms. The maximum Gasteiger partial charge on any atom is 1.00 e. The number of nitrogens with zero attached hydrogens (tertiary/aromatic N) is 5. The van der Waals surface area contributed by atoms with E-state index in [1.807, 2.05) is 54.6 Å². The Labute approximate surface area is 301 Å². The van der Waals surface area contributed by atoms with Crippen LogP contribution in [-0.2, 0) is 0 Å². The first kappa shape index (κ1) is 40.4. The molecule has 0 unspecified atom stereocenters. The van der Waals surface area contributed by atoms with Gasteiger partial charge < -0.3 is 26.1 Å². The van der Waals surface area contributed by atoms with Crippen molar-refractivity contribution in [3.63, 3.8) is 0 Å². The van der Waals surface area contributed by atoms with Gasteiger partial charge in [0, 0.05) is 17.5 Å². The Morgan fingerprint density at radius 3 is 1.73 bits per heavy atom. The van der Waals surface area contributed by atoms with E-state index < -0.39 is 9.85 Å². The first-order valence-corrected chi connectivity index (χ1v) is 13.1. The Morgan fingerprint density at radius 1 is 0.625 bits per heavy atom. The maximum absolute atomic E-state index is 11.0. The average molecular weight is 681 g/mol. The van der Waals surface area contributed by atoms with Gasteiger partial charge in [-0.05, 0) is 46.5 Å². The predicted molar refractivity (Wildman–Crippen MR) is 182 cm³/mol. The number of fused-ring (bicyclic) bond motifs is 2. The molecule has 0 aliphatic rings. The molecule has 0 atom stereocenters. The van der Waals surface area contributed by atoms with Crippen molar-refractivity contribution in [2.24, 2.45) is 15.6 Å². The third-order valence-electron chi connectivity index (χ3n) is 6.08. The van der Waals surface area contributed by atoms with Gasteiger partial charge >= 0.3 is 29.6 Å². The molecule has 6 aromatic rings. The zero-order chi connectivity index (χ0) is 33.5. The summed E-state index contributed by atoms with van der Waals surface area (Å²) in [4.78, 5) is 28.1. The summed E-state index contributed by atoms with van der Waals surface area (Å²) in [5, 5.41) is 61.0. The Bertz CT molecular complexity index is 2020. The Morgan fingerprint density at radius 2 is 1.12 bits per heavy atom. The number of anilines is 1. The minimum atomic E-state index is -0.517. The third kappa shape index (κ3) is 11.6. The molecule has 48 heavy (non-hydrogen) atoms. The SMILES string of the molecule is Cl.Nc1ccccc1[N+](=O)[O-].O=N[O-].O=[N+]([O-])c1ccccc1N=Nc1c(O)ccc2ccccc12.Oc1ccc2ccccc2c1.[Na+]. The topological polar surface area (TPSA) is 230 Å². The smallest absolute Gasteiger partial charge is 0.508 e. The summed E-state index contributed by atoms with van der Waals surface area (Å²) in [5.74, 6) is 0.296. The maximum atomic E-state index is 11.0. The number of hydrogen-bond acceptors (Lipinski definition) is 12. The molecule has 14 nitrogen and oxygen atoms in total. The second-order valence-corrected chi connectivity index (χ2v) is 9.02. The predicted octanol–water partition coefficient (Wildman–Crippen LogP) is 6.27. The van der Waals surface area contributed by atoms with Gasteiger partial charge in [-0.15, -0.1) is 28.0 Å². The molecule has 0 bridgehead atoms. The van der Waals surface area contributed by atoms with Gasteiger partial charge in [-0.1, -0.05) is 84.9 Å². The van der Waals surface area contributed by atoms with E-state index in [0.29, 0.717) is 5.75 Å². The monoisotopic (exact) mass is 680 g/mol. The van der Waals surface area contributed by atoms with E-state index in [-0.39, 0.29) is 76.2 Å². The number of phenols is 2. The van der Waals surface area contributed by atoms with Crippen LogP contribution >= 0.6 is 12.4 Å². The molecular weight excluding hydrogens is 655 g/mol. The molecule has 0 aliphatic carbocycles. The molecule has 4 N–H and O–H groups in total. The van der Waals surface area contributed by atoms with Gasteiger partial charge in [0.05, 0.1) is 9.85 Å². The summed E-state index contributed by atoms with van der Waals surface area (Å²) >= 11 is 0. The van der Waals surface area contributed by atoms with E-state index in [1.165, 1.54) is 30.3 Å². The van der Waals surface area contributed by atoms with E-state index in [4.69, 9.17) is 21.0 Å². The number of nitro groups is 2. The molecule has 0 radical (unpaired) electrons. The molecule has 0 heterocycles. The minimum absolute atomic E-state index is 0. The number of nitro benzene ring substituents is 2. The van der Waals surface area contributed by atoms with Crippen LogP contribution in [0.15, 0.2) is 143 Å². The van der Waals surface area contributed by atoms with Gasteiger partial charge in [-0.25, -0.2) is 0 Å². The summed E-state index contributed by atoms with van der Waals surface area (Å²) in [6, 6.07) is 36.2. The second-order valence-electron chi connectivity index (χ2n) is 9.02. The van der Waals surface area contributed by atoms with E-state index in [2.05, 4.69) is 10.2 Å². The Kier molecular flexibility index (Phi) is 17.2. The third-order valence-corrected chi connectivity index (χ3v) is 6.08. The molecule has 0 amide bonds. The number of phenolic OH excluding ortho intramolecular Hbond substituents is 2. The summed E-state index contributed by atoms with van der Waals surface area (Å²) in [6.07, 6.45) is 0. The van der Waals surface area contributed by atoms with Gasteiger partial charge in [0.2, 0.25) is 0 Å². The van der Waals surface area contributed by atoms with E-state index in [1.54, 1.807) is 42.5 Å². The van der Waals surface area contributed by atoms with Gasteiger partial charge in [0.1, 0.15) is 22.9 Å². The number of nitrogen functional groups attached to an aromatic ring is 1. The molecule has 240 valence electrons. The average Bonchev–Trinajstić information content (AvgIpc) is 3.05. The van der Waals surface area contributed by atoms with E-state index in [9.17, 15) is 25.3 Å². The standard InChI is InChI=1S/C16H11N3O3.C10H8O.C6H6N2O2.ClH.HNO2.Na/c20-15-10-9-11-5-1-2-6-12(11)16(15)18-17-13-7-3-4-8-14(13)19(21)22;11-10-6-5-8-3-1-2-4-9(8)7-10;7-5-3-1-2-4-6(5)8(9)10;;2-1-3;/h1-10,20H;1-7,11H;1-4H,7H2;1H;(H,2,3);/q;;;;;+1/p-1. The summed E-state index contributed by atoms with van der Waals surface area (Å²) in [6.45, 7) is 0. The molecular formula is C32H26ClN6NaO8. The van der Waals surface area contributed by atoms with Crippen LogP contribution < -0.4 is 35.3 Å². The van der Waals surface area contributed by atoms with Crippen molar-refractivity contribution in [1.29, 1.82) is 0 Å². The van der Waals surface area contributed by atoms with Crippen molar-refractivity contribution in [3.05, 3.63) is 158 Å². The molecule has 6 aromatic carbocycles. The zero-order valence-electron chi connectivity index (χ0n) is 25.2. The molecule has 0 saturated heterocycles. The van der Waals surface area contributed by atoms with Gasteiger partial charge in [-0.3, -0.25) is 20.2 Å². The quantitative estimate of drug-likeness (QED) is 0.0475. The number of hydrogen-bond donors (Lipinski definition) is 3. The number of aromatic hydroxyl groups is 2. The van der Waals surface area contributed by atoms with Crippen molar-refractivity contribution in [2.45, 2.75) is 0 Å². The van der Waals surface area contributed by atoms with Crippen LogP contribution in [0.3, 0.4) is 0 Å². The van der Waals surface area contributed by atoms with Crippen molar-refractivity contribution in [3.8, 4) is 11.5 Å². The van der Waals surface area contributed by atoms with E-state index in [0.717, 1.165) is 26.9 Å². The molecule has 0 spiro atoms. The number of benzene rings is 6. The van der Waals surface area contributed by atoms with E-state index >= 15 is 0 Å². The summed E-state index contributed by atoms with van der Waals surface area (Å²) < 4.78 is 0. The fourth-order valence-electron chi connectivity index (χ4n) is 3.99. The van der Waals surface area contributed by atoms with Crippen LogP contribution in [0.5, 0.6) is 11.5 Å². The fourth-order valence-corrected chi connectivity index (χ4v) is 3.99. The Hall–Kier alpha value is -5.67. The number of rotatable bonds is 4. The largest absolute Gasteiger partial charge is 1.00 e. The number of halogens is 1. The van der Waals surface area contributed by atoms with Gasteiger partial charge in [-0.2, -0.15) is 0 Å². The number of azo groups is 1. The van der Waals surface area contributed by atoms with Crippen LogP contribution in [-0.4, -0.2) is 20.1 Å². The first-order valence-electron chi connectivity index (χ1n) is 13.1. The van der Waals surface area contributed by atoms with Crippen molar-refractivity contribution in [1.82, 2.24) is 0 Å². The Balaban J connectivity index is 0.000000373. The number of nitrogens with two attached hydrogens (primary N) is 1. The molecule has 0 saturated carbocycles. The van der Waals surface area contributed by atoms with Crippen LogP contribution in [0.2, 0.25) is 0 Å². The van der Waals surface area contributed by atoms with Crippen LogP contribution in [0, 0.1) is 30.3 Å². The normalized spacial score (nSPS) is 9.58. The molecule has 0 aliphatic heterocycles. The minimum Gasteiger partial charge on any atom is -0.508 e. The summed E-state index contributed by atoms with van der Waals surface area (Å²) in [5.41, 5.74) is 5.74. The van der Waals surface area contributed by atoms with Gasteiger partial charge in [0.25, 0.3) is 11.4 Å². The van der Waals surface area contributed by atoms with Crippen LogP contribution in [0.25, 0.3) is 21.5 Å². The van der Waals surface area contributed by atoms with Gasteiger partial charge in [0.15, 0.2) is 5.69 Å². The second kappa shape index (κ2) is 20.5. The zero-order valence-corrected chi connectivity index (χ0v) is 28.0. The number of para-hydroxylation sites is 3. The molecule has 0 aromatic heterocycles. The molecule has 0 fully saturated rings. The van der Waals surface area contributed by atoms with Crippen molar-refractivity contribution >= 4 is 62.4 Å². The van der Waals surface area contributed by atoms with Crippen molar-refractivity contribution in [2.75, 3.05) is 5.73 Å². The fraction of sp³-hybridized carbons (Fsp3) is 0. The van der Waals surface area contributed by atoms with Crippen molar-refractivity contribution < 1.29 is 49.6 Å². The van der Waals surface area contributed by atoms with Crippen LogP contribution in [0.1, 0.15) is 0 Å². The molecule has 6 rings (SSSR count). The van der Waals surface area contributed by atoms with Crippen LogP contribution in [0.4, 0.5) is 28.4 Å². The first-order chi connectivity index (χ1) is 22.2.